The Labute approximate surface area is 90.1 Å². The lowest BCUT2D eigenvalue weighted by Gasteiger charge is -2.08. The van der Waals surface area contributed by atoms with Crippen LogP contribution in [-0.4, -0.2) is 5.75 Å². The van der Waals surface area contributed by atoms with Crippen molar-refractivity contribution in [2.45, 2.75) is 25.2 Å². The van der Waals surface area contributed by atoms with Crippen LogP contribution in [-0.2, 0) is 0 Å². The molecule has 1 unspecified atom stereocenters. The van der Waals surface area contributed by atoms with E-state index in [0.717, 1.165) is 16.2 Å². The third kappa shape index (κ3) is 3.08. The summed E-state index contributed by atoms with van der Waals surface area (Å²) in [6.45, 7) is 4.43. The molecule has 0 radical (unpaired) electrons. The molecule has 1 nitrogen and oxygen atoms in total. The molecule has 0 saturated heterocycles. The molecule has 0 fully saturated rings. The molecule has 0 bridgehead atoms. The molecule has 1 rings (SSSR count). The summed E-state index contributed by atoms with van der Waals surface area (Å²) in [5.74, 6) is 1.81. The zero-order valence-electron chi connectivity index (χ0n) is 8.66. The van der Waals surface area contributed by atoms with Crippen molar-refractivity contribution in [2.75, 3.05) is 5.75 Å². The topological polar surface area (TPSA) is 23.8 Å². The van der Waals surface area contributed by atoms with Crippen LogP contribution in [0.3, 0.4) is 0 Å². The van der Waals surface area contributed by atoms with Crippen molar-refractivity contribution in [2.24, 2.45) is 5.92 Å². The number of rotatable bonds is 4. The third-order valence-corrected chi connectivity index (χ3v) is 3.63. The van der Waals surface area contributed by atoms with E-state index >= 15 is 0 Å². The van der Waals surface area contributed by atoms with Crippen LogP contribution in [0.15, 0.2) is 29.2 Å². The Hall–Kier alpha value is -0.940. The van der Waals surface area contributed by atoms with E-state index in [1.165, 1.54) is 6.42 Å². The molecule has 0 spiro atoms. The monoisotopic (exact) mass is 205 g/mol. The van der Waals surface area contributed by atoms with Crippen molar-refractivity contribution >= 4 is 11.8 Å². The highest BCUT2D eigenvalue weighted by Gasteiger charge is 2.03. The summed E-state index contributed by atoms with van der Waals surface area (Å²) >= 11 is 1.78. The lowest BCUT2D eigenvalue weighted by Crippen LogP contribution is -1.95. The number of hydrogen-bond donors (Lipinski definition) is 0. The summed E-state index contributed by atoms with van der Waals surface area (Å²) in [6.07, 6.45) is 1.20. The Morgan fingerprint density at radius 3 is 2.79 bits per heavy atom. The van der Waals surface area contributed by atoms with E-state index in [2.05, 4.69) is 19.9 Å². The maximum absolute atomic E-state index is 8.88. The van der Waals surface area contributed by atoms with Gasteiger partial charge < -0.3 is 0 Å². The molecule has 1 aromatic carbocycles. The van der Waals surface area contributed by atoms with Gasteiger partial charge in [-0.15, -0.1) is 11.8 Å². The van der Waals surface area contributed by atoms with E-state index in [1.54, 1.807) is 11.8 Å². The quantitative estimate of drug-likeness (QED) is 0.700. The SMILES string of the molecule is CCC(C)CSc1ccccc1C#N. The Bertz CT molecular complexity index is 327. The van der Waals surface area contributed by atoms with Gasteiger partial charge >= 0.3 is 0 Å². The first-order valence-corrected chi connectivity index (χ1v) is 5.88. The van der Waals surface area contributed by atoms with Crippen LogP contribution in [0.4, 0.5) is 0 Å². The molecule has 14 heavy (non-hydrogen) atoms. The minimum absolute atomic E-state index is 0.715. The first kappa shape index (κ1) is 11.1. The summed E-state index contributed by atoms with van der Waals surface area (Å²) in [4.78, 5) is 1.11. The van der Waals surface area contributed by atoms with Crippen LogP contribution in [0.1, 0.15) is 25.8 Å². The molecule has 0 aliphatic rings. The van der Waals surface area contributed by atoms with Crippen LogP contribution >= 0.6 is 11.8 Å². The summed E-state index contributed by atoms with van der Waals surface area (Å²) in [5.41, 5.74) is 0.792. The Morgan fingerprint density at radius 2 is 2.14 bits per heavy atom. The minimum atomic E-state index is 0.715. The highest BCUT2D eigenvalue weighted by Crippen LogP contribution is 2.24. The molecule has 0 aromatic heterocycles. The average Bonchev–Trinajstić information content (AvgIpc) is 2.26. The normalized spacial score (nSPS) is 12.1. The number of nitriles is 1. The van der Waals surface area contributed by atoms with E-state index in [1.807, 2.05) is 24.3 Å². The third-order valence-electron chi connectivity index (χ3n) is 2.23. The predicted octanol–water partition coefficient (Wildman–Crippen LogP) is 3.70. The maximum atomic E-state index is 8.88. The van der Waals surface area contributed by atoms with Gasteiger partial charge in [0, 0.05) is 10.6 Å². The molecule has 0 saturated carbocycles. The van der Waals surface area contributed by atoms with Gasteiger partial charge in [-0.05, 0) is 18.1 Å². The van der Waals surface area contributed by atoms with Crippen LogP contribution in [0.2, 0.25) is 0 Å². The van der Waals surface area contributed by atoms with Gasteiger partial charge in [-0.2, -0.15) is 5.26 Å². The molecule has 1 aromatic rings. The number of thioether (sulfide) groups is 1. The second kappa shape index (κ2) is 5.72. The standard InChI is InChI=1S/C12H15NS/c1-3-10(2)9-14-12-7-5-4-6-11(12)8-13/h4-7,10H,3,9H2,1-2H3. The molecule has 74 valence electrons. The first-order valence-electron chi connectivity index (χ1n) is 4.89. The van der Waals surface area contributed by atoms with Gasteiger partial charge in [0.15, 0.2) is 0 Å². The highest BCUT2D eigenvalue weighted by molar-refractivity contribution is 7.99. The molecule has 2 heteroatoms. The fourth-order valence-electron chi connectivity index (χ4n) is 1.03. The lowest BCUT2D eigenvalue weighted by molar-refractivity contribution is 0.637. The minimum Gasteiger partial charge on any atom is -0.192 e. The Kier molecular flexibility index (Phi) is 4.55. The number of hydrogen-bond acceptors (Lipinski definition) is 2. The molecular weight excluding hydrogens is 190 g/mol. The molecule has 0 heterocycles. The summed E-state index contributed by atoms with van der Waals surface area (Å²) < 4.78 is 0. The maximum Gasteiger partial charge on any atom is 0.100 e. The van der Waals surface area contributed by atoms with Crippen LogP contribution < -0.4 is 0 Å². The zero-order chi connectivity index (χ0) is 10.4. The zero-order valence-corrected chi connectivity index (χ0v) is 9.47. The smallest absolute Gasteiger partial charge is 0.100 e. The van der Waals surface area contributed by atoms with Gasteiger partial charge in [0.05, 0.1) is 5.56 Å². The molecule has 0 amide bonds. The molecular formula is C12H15NS. The highest BCUT2D eigenvalue weighted by atomic mass is 32.2. The molecule has 0 N–H and O–H groups in total. The van der Waals surface area contributed by atoms with Crippen LogP contribution in [0.5, 0.6) is 0 Å². The van der Waals surface area contributed by atoms with Gasteiger partial charge in [-0.25, -0.2) is 0 Å². The van der Waals surface area contributed by atoms with Crippen LogP contribution in [0.25, 0.3) is 0 Å². The van der Waals surface area contributed by atoms with E-state index in [0.29, 0.717) is 5.92 Å². The van der Waals surface area contributed by atoms with Crippen molar-refractivity contribution in [3.8, 4) is 6.07 Å². The molecule has 0 aliphatic carbocycles. The van der Waals surface area contributed by atoms with E-state index in [4.69, 9.17) is 5.26 Å². The van der Waals surface area contributed by atoms with Gasteiger partial charge in [0.2, 0.25) is 0 Å². The van der Waals surface area contributed by atoms with Crippen molar-refractivity contribution in [3.05, 3.63) is 29.8 Å². The van der Waals surface area contributed by atoms with E-state index in [9.17, 15) is 0 Å². The second-order valence-electron chi connectivity index (χ2n) is 3.43. The average molecular weight is 205 g/mol. The van der Waals surface area contributed by atoms with E-state index < -0.39 is 0 Å². The fourth-order valence-corrected chi connectivity index (χ4v) is 2.18. The van der Waals surface area contributed by atoms with Gasteiger partial charge in [0.25, 0.3) is 0 Å². The predicted molar refractivity (Wildman–Crippen MR) is 61.3 cm³/mol. The van der Waals surface area contributed by atoms with Gasteiger partial charge in [-0.1, -0.05) is 32.4 Å². The summed E-state index contributed by atoms with van der Waals surface area (Å²) in [5, 5.41) is 8.88. The van der Waals surface area contributed by atoms with Crippen molar-refractivity contribution in [3.63, 3.8) is 0 Å². The second-order valence-corrected chi connectivity index (χ2v) is 4.49. The lowest BCUT2D eigenvalue weighted by atomic mass is 10.2. The molecule has 1 atom stereocenters. The Balaban J connectivity index is 2.63. The first-order chi connectivity index (χ1) is 6.77. The van der Waals surface area contributed by atoms with Crippen LogP contribution in [0, 0.1) is 17.2 Å². The summed E-state index contributed by atoms with van der Waals surface area (Å²) in [7, 11) is 0. The van der Waals surface area contributed by atoms with Gasteiger partial charge in [0.1, 0.15) is 6.07 Å². The van der Waals surface area contributed by atoms with E-state index in [-0.39, 0.29) is 0 Å². The summed E-state index contributed by atoms with van der Waals surface area (Å²) in [6, 6.07) is 10.0. The largest absolute Gasteiger partial charge is 0.192 e. The number of benzene rings is 1. The van der Waals surface area contributed by atoms with Crippen molar-refractivity contribution in [1.82, 2.24) is 0 Å². The molecule has 0 aliphatic heterocycles. The van der Waals surface area contributed by atoms with Crippen molar-refractivity contribution < 1.29 is 0 Å². The number of nitrogens with zero attached hydrogens (tertiary/aromatic N) is 1. The van der Waals surface area contributed by atoms with Crippen molar-refractivity contribution in [1.29, 1.82) is 5.26 Å². The fraction of sp³-hybridized carbons (Fsp3) is 0.417. The Morgan fingerprint density at radius 1 is 1.43 bits per heavy atom. The van der Waals surface area contributed by atoms with Gasteiger partial charge in [-0.3, -0.25) is 0 Å².